The third-order valence-electron chi connectivity index (χ3n) is 4.88. The van der Waals surface area contributed by atoms with Gasteiger partial charge in [0.2, 0.25) is 5.91 Å². The molecule has 1 aromatic heterocycles. The Balaban J connectivity index is 1.51. The highest BCUT2D eigenvalue weighted by molar-refractivity contribution is 5.79. The second-order valence-corrected chi connectivity index (χ2v) is 6.27. The second-order valence-electron chi connectivity index (χ2n) is 6.27. The molecule has 21 heavy (non-hydrogen) atoms. The van der Waals surface area contributed by atoms with Gasteiger partial charge in [0.15, 0.2) is 0 Å². The Hall–Kier alpha value is -1.43. The Bertz CT molecular complexity index is 480. The first-order valence-electron chi connectivity index (χ1n) is 8.04. The van der Waals surface area contributed by atoms with Crippen molar-refractivity contribution in [3.63, 3.8) is 0 Å². The fraction of sp³-hybridized carbons (Fsp3) is 0.800. The second kappa shape index (κ2) is 6.56. The lowest BCUT2D eigenvalue weighted by Gasteiger charge is -2.35. The molecule has 1 N–H and O–H groups in total. The quantitative estimate of drug-likeness (QED) is 0.893. The van der Waals surface area contributed by atoms with Gasteiger partial charge < -0.3 is 14.6 Å². The number of carbonyl (C=O) groups excluding carboxylic acids is 1. The molecule has 1 amide bonds. The number of amides is 1. The summed E-state index contributed by atoms with van der Waals surface area (Å²) < 4.78 is 2.01. The number of aliphatic hydroxyl groups is 1. The molecule has 3 heterocycles. The van der Waals surface area contributed by atoms with Gasteiger partial charge in [-0.25, -0.2) is 0 Å². The molecule has 1 unspecified atom stereocenters. The maximum Gasteiger partial charge on any atom is 0.227 e. The molecule has 6 nitrogen and oxygen atoms in total. The van der Waals surface area contributed by atoms with E-state index in [0.717, 1.165) is 64.0 Å². The number of rotatable bonds is 4. The van der Waals surface area contributed by atoms with Crippen molar-refractivity contribution in [3.05, 3.63) is 12.2 Å². The van der Waals surface area contributed by atoms with E-state index in [0.29, 0.717) is 11.8 Å². The number of hydrogen-bond acceptors (Lipinski definition) is 4. The molecule has 0 saturated carbocycles. The molecule has 0 aromatic carbocycles. The van der Waals surface area contributed by atoms with Gasteiger partial charge in [-0.1, -0.05) is 0 Å². The van der Waals surface area contributed by atoms with Crippen LogP contribution in [-0.2, 0) is 17.8 Å². The standard InChI is InChI=1S/C15H24N4O2/c20-9-1-2-12-5-7-18(8-6-12)15(21)13-3-4-14-17-16-11-19(14)10-13/h11-13,20H,1-10H2. The van der Waals surface area contributed by atoms with E-state index in [-0.39, 0.29) is 12.5 Å². The smallest absolute Gasteiger partial charge is 0.227 e. The van der Waals surface area contributed by atoms with Crippen molar-refractivity contribution in [3.8, 4) is 0 Å². The van der Waals surface area contributed by atoms with Crippen LogP contribution in [0.1, 0.15) is 37.9 Å². The summed E-state index contributed by atoms with van der Waals surface area (Å²) in [5.74, 6) is 2.07. The van der Waals surface area contributed by atoms with E-state index in [2.05, 4.69) is 10.2 Å². The monoisotopic (exact) mass is 292 g/mol. The molecule has 0 aliphatic carbocycles. The van der Waals surface area contributed by atoms with Crippen LogP contribution in [0.25, 0.3) is 0 Å². The summed E-state index contributed by atoms with van der Waals surface area (Å²) in [5.41, 5.74) is 0. The van der Waals surface area contributed by atoms with Crippen LogP contribution in [0.5, 0.6) is 0 Å². The topological polar surface area (TPSA) is 71.2 Å². The number of aryl methyl sites for hydroxylation is 1. The molecule has 3 rings (SSSR count). The number of carbonyl (C=O) groups is 1. The molecule has 6 heteroatoms. The van der Waals surface area contributed by atoms with Crippen molar-refractivity contribution >= 4 is 5.91 Å². The molecule has 1 atom stereocenters. The van der Waals surface area contributed by atoms with Gasteiger partial charge >= 0.3 is 0 Å². The summed E-state index contributed by atoms with van der Waals surface area (Å²) in [6.45, 7) is 2.76. The van der Waals surface area contributed by atoms with Gasteiger partial charge in [-0.15, -0.1) is 10.2 Å². The van der Waals surface area contributed by atoms with E-state index in [1.807, 2.05) is 9.47 Å². The minimum Gasteiger partial charge on any atom is -0.396 e. The zero-order valence-electron chi connectivity index (χ0n) is 12.4. The summed E-state index contributed by atoms with van der Waals surface area (Å²) in [5, 5.41) is 16.9. The lowest BCUT2D eigenvalue weighted by Crippen LogP contribution is -2.44. The van der Waals surface area contributed by atoms with Crippen molar-refractivity contribution in [2.45, 2.75) is 45.1 Å². The Morgan fingerprint density at radius 3 is 2.90 bits per heavy atom. The molecular formula is C15H24N4O2. The zero-order chi connectivity index (χ0) is 14.7. The van der Waals surface area contributed by atoms with Crippen LogP contribution in [0.3, 0.4) is 0 Å². The van der Waals surface area contributed by atoms with Crippen LogP contribution in [0.4, 0.5) is 0 Å². The average molecular weight is 292 g/mol. The van der Waals surface area contributed by atoms with Crippen LogP contribution in [-0.4, -0.2) is 50.4 Å². The predicted molar refractivity (Wildman–Crippen MR) is 77.5 cm³/mol. The third kappa shape index (κ3) is 3.26. The predicted octanol–water partition coefficient (Wildman–Crippen LogP) is 0.852. The summed E-state index contributed by atoms with van der Waals surface area (Å²) in [4.78, 5) is 14.7. The molecule has 1 saturated heterocycles. The van der Waals surface area contributed by atoms with Gasteiger partial charge in [0.05, 0.1) is 5.92 Å². The molecule has 0 radical (unpaired) electrons. The van der Waals surface area contributed by atoms with Gasteiger partial charge in [0.25, 0.3) is 0 Å². The molecule has 0 spiro atoms. The van der Waals surface area contributed by atoms with Gasteiger partial charge in [0.1, 0.15) is 12.2 Å². The summed E-state index contributed by atoms with van der Waals surface area (Å²) in [6, 6.07) is 0. The minimum absolute atomic E-state index is 0.0856. The van der Waals surface area contributed by atoms with Gasteiger partial charge in [-0.2, -0.15) is 0 Å². The van der Waals surface area contributed by atoms with Gasteiger partial charge in [0, 0.05) is 32.7 Å². The van der Waals surface area contributed by atoms with Crippen LogP contribution < -0.4 is 0 Å². The fourth-order valence-electron chi connectivity index (χ4n) is 3.54. The van der Waals surface area contributed by atoms with Crippen LogP contribution in [0.2, 0.25) is 0 Å². The third-order valence-corrected chi connectivity index (χ3v) is 4.88. The Morgan fingerprint density at radius 2 is 2.14 bits per heavy atom. The largest absolute Gasteiger partial charge is 0.396 e. The van der Waals surface area contributed by atoms with Crippen molar-refractivity contribution in [1.82, 2.24) is 19.7 Å². The highest BCUT2D eigenvalue weighted by Crippen LogP contribution is 2.25. The number of likely N-dealkylation sites (tertiary alicyclic amines) is 1. The average Bonchev–Trinajstić information content (AvgIpc) is 3.00. The summed E-state index contributed by atoms with van der Waals surface area (Å²) in [6.07, 6.45) is 7.61. The maximum absolute atomic E-state index is 12.6. The minimum atomic E-state index is 0.0856. The molecule has 0 bridgehead atoms. The van der Waals surface area contributed by atoms with E-state index in [1.54, 1.807) is 6.33 Å². The molecule has 116 valence electrons. The normalized spacial score (nSPS) is 23.1. The number of fused-ring (bicyclic) bond motifs is 1. The highest BCUT2D eigenvalue weighted by atomic mass is 16.2. The number of aliphatic hydroxyl groups excluding tert-OH is 1. The lowest BCUT2D eigenvalue weighted by atomic mass is 9.90. The maximum atomic E-state index is 12.6. The first-order chi connectivity index (χ1) is 10.3. The molecule has 2 aliphatic heterocycles. The van der Waals surface area contributed by atoms with E-state index in [4.69, 9.17) is 5.11 Å². The van der Waals surface area contributed by atoms with E-state index >= 15 is 0 Å². The van der Waals surface area contributed by atoms with Crippen LogP contribution in [0.15, 0.2) is 6.33 Å². The molecule has 2 aliphatic rings. The van der Waals surface area contributed by atoms with Gasteiger partial charge in [-0.05, 0) is 38.0 Å². The Morgan fingerprint density at radius 1 is 1.33 bits per heavy atom. The van der Waals surface area contributed by atoms with Crippen molar-refractivity contribution in [1.29, 1.82) is 0 Å². The van der Waals surface area contributed by atoms with Gasteiger partial charge in [-0.3, -0.25) is 4.79 Å². The number of nitrogens with zero attached hydrogens (tertiary/aromatic N) is 4. The van der Waals surface area contributed by atoms with E-state index in [9.17, 15) is 4.79 Å². The number of hydrogen-bond donors (Lipinski definition) is 1. The first kappa shape index (κ1) is 14.5. The van der Waals surface area contributed by atoms with Crippen LogP contribution >= 0.6 is 0 Å². The highest BCUT2D eigenvalue weighted by Gasteiger charge is 2.31. The molecule has 1 aromatic rings. The number of aromatic nitrogens is 3. The van der Waals surface area contributed by atoms with Crippen molar-refractivity contribution in [2.24, 2.45) is 11.8 Å². The fourth-order valence-corrected chi connectivity index (χ4v) is 3.54. The van der Waals surface area contributed by atoms with E-state index in [1.165, 1.54) is 0 Å². The summed E-state index contributed by atoms with van der Waals surface area (Å²) >= 11 is 0. The lowest BCUT2D eigenvalue weighted by molar-refractivity contribution is -0.138. The van der Waals surface area contributed by atoms with Crippen molar-refractivity contribution in [2.75, 3.05) is 19.7 Å². The van der Waals surface area contributed by atoms with Crippen molar-refractivity contribution < 1.29 is 9.90 Å². The van der Waals surface area contributed by atoms with Crippen LogP contribution in [0, 0.1) is 11.8 Å². The SMILES string of the molecule is O=C(C1CCc2nncn2C1)N1CCC(CCCO)CC1. The summed E-state index contributed by atoms with van der Waals surface area (Å²) in [7, 11) is 0. The Kier molecular flexibility index (Phi) is 4.53. The zero-order valence-corrected chi connectivity index (χ0v) is 12.4. The van der Waals surface area contributed by atoms with E-state index < -0.39 is 0 Å². The molecule has 1 fully saturated rings. The molecular weight excluding hydrogens is 268 g/mol. The Labute approximate surface area is 125 Å². The number of piperidine rings is 1. The first-order valence-corrected chi connectivity index (χ1v) is 8.04.